The smallest absolute Gasteiger partial charge is 0.263 e. The predicted octanol–water partition coefficient (Wildman–Crippen LogP) is 0.985. The van der Waals surface area contributed by atoms with Crippen molar-refractivity contribution in [3.05, 3.63) is 46.2 Å². The van der Waals surface area contributed by atoms with Crippen LogP contribution in [-0.4, -0.2) is 28.9 Å². The zero-order valence-corrected chi connectivity index (χ0v) is 14.6. The Hall–Kier alpha value is -2.30. The van der Waals surface area contributed by atoms with Crippen LogP contribution in [0.5, 0.6) is 0 Å². The summed E-state index contributed by atoms with van der Waals surface area (Å²) in [5, 5.41) is 15.9. The summed E-state index contributed by atoms with van der Waals surface area (Å²) >= 11 is 1.28. The Kier molecular flexibility index (Phi) is 4.11. The normalized spacial score (nSPS) is 11.8. The van der Waals surface area contributed by atoms with Crippen LogP contribution in [0.4, 0.5) is 0 Å². The van der Waals surface area contributed by atoms with Gasteiger partial charge in [0.05, 0.1) is 4.90 Å². The molecule has 3 N–H and O–H groups in total. The number of nitrogens with one attached hydrogen (secondary N) is 1. The molecule has 0 saturated heterocycles. The Balaban J connectivity index is 1.74. The van der Waals surface area contributed by atoms with E-state index in [0.717, 1.165) is 17.1 Å². The molecule has 3 aromatic rings. The second kappa shape index (κ2) is 5.96. The molecule has 2 aromatic heterocycles. The minimum Gasteiger partial charge on any atom is -0.347 e. The number of hydrogen-bond donors (Lipinski definition) is 2. The Morgan fingerprint density at radius 1 is 1.25 bits per heavy atom. The molecule has 0 aliphatic heterocycles. The van der Waals surface area contributed by atoms with Crippen molar-refractivity contribution in [3.8, 4) is 0 Å². The molecule has 8 nitrogen and oxygen atoms in total. The molecule has 0 aliphatic carbocycles. The van der Waals surface area contributed by atoms with Crippen molar-refractivity contribution in [1.82, 2.24) is 19.9 Å². The number of aromatic nitrogens is 3. The number of primary sulfonamides is 1. The number of carbonyl (C=O) groups excluding carboxylic acids is 1. The van der Waals surface area contributed by atoms with E-state index in [1.807, 2.05) is 18.2 Å². The number of nitrogens with zero attached hydrogens (tertiary/aromatic N) is 3. The number of rotatable bonds is 4. The average molecular weight is 365 g/mol. The Morgan fingerprint density at radius 3 is 2.50 bits per heavy atom. The molecule has 0 spiro atoms. The summed E-state index contributed by atoms with van der Waals surface area (Å²) in [4.78, 5) is 13.7. The lowest BCUT2D eigenvalue weighted by atomic mass is 10.2. The first-order chi connectivity index (χ1) is 11.3. The second-order valence-corrected chi connectivity index (χ2v) is 7.79. The number of amides is 1. The Labute approximate surface area is 142 Å². The predicted molar refractivity (Wildman–Crippen MR) is 89.3 cm³/mol. The summed E-state index contributed by atoms with van der Waals surface area (Å²) < 4.78 is 24.3. The van der Waals surface area contributed by atoms with Gasteiger partial charge in [-0.05, 0) is 31.5 Å². The van der Waals surface area contributed by atoms with E-state index in [4.69, 9.17) is 5.14 Å². The van der Waals surface area contributed by atoms with Crippen LogP contribution in [0.25, 0.3) is 4.96 Å². The molecule has 0 unspecified atom stereocenters. The first kappa shape index (κ1) is 16.6. The SMILES string of the molecule is Cc1nnc2sc(C(=O)NCc3ccc(S(N)(=O)=O)cc3)c(C)n12. The van der Waals surface area contributed by atoms with Gasteiger partial charge in [-0.1, -0.05) is 23.5 Å². The molecule has 0 atom stereocenters. The number of thiazole rings is 1. The summed E-state index contributed by atoms with van der Waals surface area (Å²) in [6.45, 7) is 3.95. The van der Waals surface area contributed by atoms with Crippen molar-refractivity contribution < 1.29 is 13.2 Å². The van der Waals surface area contributed by atoms with Gasteiger partial charge in [0.25, 0.3) is 5.91 Å². The molecule has 0 saturated carbocycles. The van der Waals surface area contributed by atoms with Crippen LogP contribution in [0.3, 0.4) is 0 Å². The summed E-state index contributed by atoms with van der Waals surface area (Å²) in [7, 11) is -3.71. The standard InChI is InChI=1S/C14H15N5O3S2/c1-8-12(23-14-18-17-9(2)19(8)14)13(20)16-7-10-3-5-11(6-4-10)24(15,21)22/h3-6H,7H2,1-2H3,(H,16,20)(H2,15,21,22). The van der Waals surface area contributed by atoms with Gasteiger partial charge in [0, 0.05) is 12.2 Å². The van der Waals surface area contributed by atoms with E-state index in [9.17, 15) is 13.2 Å². The highest BCUT2D eigenvalue weighted by molar-refractivity contribution is 7.89. The van der Waals surface area contributed by atoms with Gasteiger partial charge in [0.15, 0.2) is 0 Å². The first-order valence-corrected chi connectivity index (χ1v) is 9.34. The molecule has 3 rings (SSSR count). The average Bonchev–Trinajstić information content (AvgIpc) is 3.05. The molecule has 1 amide bonds. The van der Waals surface area contributed by atoms with Gasteiger partial charge >= 0.3 is 0 Å². The number of nitrogens with two attached hydrogens (primary N) is 1. The number of aryl methyl sites for hydroxylation is 2. The lowest BCUT2D eigenvalue weighted by Gasteiger charge is -2.06. The zero-order valence-electron chi connectivity index (χ0n) is 13.0. The van der Waals surface area contributed by atoms with Crippen LogP contribution < -0.4 is 10.5 Å². The van der Waals surface area contributed by atoms with Crippen LogP contribution in [0.15, 0.2) is 29.2 Å². The van der Waals surface area contributed by atoms with Crippen molar-refractivity contribution in [3.63, 3.8) is 0 Å². The third-order valence-electron chi connectivity index (χ3n) is 3.56. The molecule has 2 heterocycles. The van der Waals surface area contributed by atoms with E-state index in [1.165, 1.54) is 23.5 Å². The van der Waals surface area contributed by atoms with Gasteiger partial charge in [-0.15, -0.1) is 10.2 Å². The van der Waals surface area contributed by atoms with Crippen LogP contribution in [0, 0.1) is 13.8 Å². The monoisotopic (exact) mass is 365 g/mol. The van der Waals surface area contributed by atoms with Crippen LogP contribution in [0.1, 0.15) is 26.8 Å². The highest BCUT2D eigenvalue weighted by Gasteiger charge is 2.18. The lowest BCUT2D eigenvalue weighted by Crippen LogP contribution is -2.23. The van der Waals surface area contributed by atoms with E-state index in [1.54, 1.807) is 12.1 Å². The third-order valence-corrected chi connectivity index (χ3v) is 5.62. The largest absolute Gasteiger partial charge is 0.347 e. The number of fused-ring (bicyclic) bond motifs is 1. The molecule has 0 bridgehead atoms. The minimum atomic E-state index is -3.71. The van der Waals surface area contributed by atoms with Gasteiger partial charge in [-0.2, -0.15) is 0 Å². The quantitative estimate of drug-likeness (QED) is 0.714. The highest BCUT2D eigenvalue weighted by Crippen LogP contribution is 2.22. The van der Waals surface area contributed by atoms with Crippen molar-refractivity contribution >= 4 is 32.2 Å². The van der Waals surface area contributed by atoms with Gasteiger partial charge in [-0.25, -0.2) is 13.6 Å². The topological polar surface area (TPSA) is 119 Å². The molecule has 0 radical (unpaired) electrons. The van der Waals surface area contributed by atoms with E-state index in [2.05, 4.69) is 15.5 Å². The van der Waals surface area contributed by atoms with Crippen LogP contribution in [-0.2, 0) is 16.6 Å². The number of hydrogen-bond acceptors (Lipinski definition) is 6. The highest BCUT2D eigenvalue weighted by atomic mass is 32.2. The lowest BCUT2D eigenvalue weighted by molar-refractivity contribution is 0.0954. The number of benzene rings is 1. The van der Waals surface area contributed by atoms with E-state index in [0.29, 0.717) is 9.84 Å². The van der Waals surface area contributed by atoms with Gasteiger partial charge in [0.2, 0.25) is 15.0 Å². The molecule has 24 heavy (non-hydrogen) atoms. The van der Waals surface area contributed by atoms with E-state index in [-0.39, 0.29) is 17.3 Å². The summed E-state index contributed by atoms with van der Waals surface area (Å²) in [6.07, 6.45) is 0. The zero-order chi connectivity index (χ0) is 17.5. The molecule has 0 fully saturated rings. The molecule has 10 heteroatoms. The van der Waals surface area contributed by atoms with Gasteiger partial charge in [0.1, 0.15) is 10.7 Å². The van der Waals surface area contributed by atoms with Gasteiger partial charge in [-0.3, -0.25) is 9.20 Å². The first-order valence-electron chi connectivity index (χ1n) is 6.98. The van der Waals surface area contributed by atoms with Gasteiger partial charge < -0.3 is 5.32 Å². The maximum absolute atomic E-state index is 12.4. The molecular formula is C14H15N5O3S2. The Morgan fingerprint density at radius 2 is 1.92 bits per heavy atom. The molecule has 126 valence electrons. The number of sulfonamides is 1. The molecular weight excluding hydrogens is 350 g/mol. The fraction of sp³-hybridized carbons (Fsp3) is 0.214. The Bertz CT molecular complexity index is 1020. The molecule has 0 aliphatic rings. The third kappa shape index (κ3) is 3.03. The maximum atomic E-state index is 12.4. The summed E-state index contributed by atoms with van der Waals surface area (Å²) in [5.41, 5.74) is 1.56. The van der Waals surface area contributed by atoms with E-state index >= 15 is 0 Å². The van der Waals surface area contributed by atoms with Crippen molar-refractivity contribution in [2.75, 3.05) is 0 Å². The van der Waals surface area contributed by atoms with Crippen LogP contribution >= 0.6 is 11.3 Å². The molecule has 1 aromatic carbocycles. The summed E-state index contributed by atoms with van der Waals surface area (Å²) in [6, 6.07) is 6.05. The van der Waals surface area contributed by atoms with E-state index < -0.39 is 10.0 Å². The van der Waals surface area contributed by atoms with Crippen LogP contribution in [0.2, 0.25) is 0 Å². The second-order valence-electron chi connectivity index (χ2n) is 5.25. The number of carbonyl (C=O) groups is 1. The van der Waals surface area contributed by atoms with Crippen molar-refractivity contribution in [1.29, 1.82) is 0 Å². The van der Waals surface area contributed by atoms with Crippen molar-refractivity contribution in [2.24, 2.45) is 5.14 Å². The fourth-order valence-electron chi connectivity index (χ4n) is 2.33. The summed E-state index contributed by atoms with van der Waals surface area (Å²) in [5.74, 6) is 0.523. The minimum absolute atomic E-state index is 0.0378. The van der Waals surface area contributed by atoms with Crippen molar-refractivity contribution in [2.45, 2.75) is 25.3 Å². The maximum Gasteiger partial charge on any atom is 0.263 e. The fourth-order valence-corrected chi connectivity index (χ4v) is 3.88.